The molecule has 0 spiro atoms. The summed E-state index contributed by atoms with van der Waals surface area (Å²) >= 11 is 13.6. The van der Waals surface area contributed by atoms with E-state index in [-0.39, 0.29) is 0 Å². The van der Waals surface area contributed by atoms with Gasteiger partial charge in [-0.3, -0.25) is 0 Å². The average Bonchev–Trinajstić information content (AvgIpc) is 2.53. The first-order chi connectivity index (χ1) is 12.6. The molecule has 0 radical (unpaired) electrons. The van der Waals surface area contributed by atoms with E-state index >= 15 is 0 Å². The molecule has 7 heteroatoms. The van der Waals surface area contributed by atoms with E-state index in [0.717, 1.165) is 21.7 Å². The molecule has 2 aliphatic rings. The minimum absolute atomic E-state index is 0.574. The predicted molar refractivity (Wildman–Crippen MR) is 116 cm³/mol. The van der Waals surface area contributed by atoms with Crippen molar-refractivity contribution in [2.45, 2.75) is 57.9 Å². The van der Waals surface area contributed by atoms with Gasteiger partial charge in [0.1, 0.15) is 0 Å². The molecule has 140 valence electrons. The van der Waals surface area contributed by atoms with Gasteiger partial charge in [0.2, 0.25) is 0 Å². The first-order valence-electron chi connectivity index (χ1n) is 9.10. The molecule has 3 rings (SSSR count). The molecule has 1 aromatic rings. The monoisotopic (exact) mass is 410 g/mol. The van der Waals surface area contributed by atoms with Crippen molar-refractivity contribution >= 4 is 51.0 Å². The van der Waals surface area contributed by atoms with Gasteiger partial charge in [-0.2, -0.15) is 4.99 Å². The van der Waals surface area contributed by atoms with Crippen LogP contribution in [0.15, 0.2) is 40.1 Å². The van der Waals surface area contributed by atoms with E-state index in [2.05, 4.69) is 27.5 Å². The molecule has 1 aliphatic carbocycles. The maximum atomic E-state index is 6.15. The zero-order chi connectivity index (χ0) is 18.4. The van der Waals surface area contributed by atoms with E-state index in [0.29, 0.717) is 16.1 Å². The van der Waals surface area contributed by atoms with Gasteiger partial charge in [-0.05, 0) is 49.7 Å². The van der Waals surface area contributed by atoms with Gasteiger partial charge in [0.25, 0.3) is 0 Å². The standard InChI is InChI=1S/C19H24Cl2N4S/c1-13(23-15-7-5-3-2-4-6-8-15)12-22-18-25-19(26-18)24-17-10-9-14(20)11-16(17)21/h9-12,15,23H,2-8H2,1H3,(H,22,24,25)/b13-12+. The van der Waals surface area contributed by atoms with Gasteiger partial charge in [0.05, 0.1) is 10.7 Å². The highest BCUT2D eigenvalue weighted by Crippen LogP contribution is 2.29. The van der Waals surface area contributed by atoms with E-state index in [1.54, 1.807) is 12.1 Å². The van der Waals surface area contributed by atoms with Crippen LogP contribution < -0.4 is 10.6 Å². The van der Waals surface area contributed by atoms with Crippen LogP contribution in [0.4, 0.5) is 5.69 Å². The smallest absolute Gasteiger partial charge is 0.197 e. The highest BCUT2D eigenvalue weighted by Gasteiger charge is 2.18. The van der Waals surface area contributed by atoms with Crippen LogP contribution in [0.5, 0.6) is 0 Å². The van der Waals surface area contributed by atoms with Crippen molar-refractivity contribution in [3.63, 3.8) is 0 Å². The summed E-state index contributed by atoms with van der Waals surface area (Å²) in [6.07, 6.45) is 11.1. The van der Waals surface area contributed by atoms with Gasteiger partial charge in [-0.25, -0.2) is 4.99 Å². The van der Waals surface area contributed by atoms with Crippen molar-refractivity contribution in [1.82, 2.24) is 5.32 Å². The molecule has 2 N–H and O–H groups in total. The molecule has 0 unspecified atom stereocenters. The Labute approximate surface area is 169 Å². The van der Waals surface area contributed by atoms with Crippen LogP contribution in [0.1, 0.15) is 51.9 Å². The summed E-state index contributed by atoms with van der Waals surface area (Å²) in [6, 6.07) is 5.92. The zero-order valence-corrected chi connectivity index (χ0v) is 17.2. The number of nitrogens with one attached hydrogen (secondary N) is 2. The maximum Gasteiger partial charge on any atom is 0.197 e. The quantitative estimate of drug-likeness (QED) is 0.600. The number of hydrogen-bond donors (Lipinski definition) is 2. The van der Waals surface area contributed by atoms with Gasteiger partial charge in [0.15, 0.2) is 10.3 Å². The lowest BCUT2D eigenvalue weighted by Gasteiger charge is -2.22. The van der Waals surface area contributed by atoms with Crippen molar-refractivity contribution in [3.8, 4) is 0 Å². The molecule has 0 bridgehead atoms. The van der Waals surface area contributed by atoms with Gasteiger partial charge in [-0.1, -0.05) is 55.3 Å². The molecule has 26 heavy (non-hydrogen) atoms. The van der Waals surface area contributed by atoms with E-state index in [9.17, 15) is 0 Å². The number of benzene rings is 1. The van der Waals surface area contributed by atoms with Crippen LogP contribution in [-0.2, 0) is 0 Å². The first-order valence-corrected chi connectivity index (χ1v) is 10.7. The molecule has 1 aromatic carbocycles. The summed E-state index contributed by atoms with van der Waals surface area (Å²) in [7, 11) is 0. The Bertz CT molecular complexity index is 722. The Morgan fingerprint density at radius 2 is 1.88 bits per heavy atom. The fraction of sp³-hybridized carbons (Fsp3) is 0.474. The van der Waals surface area contributed by atoms with E-state index in [1.165, 1.54) is 56.7 Å². The Morgan fingerprint density at radius 3 is 2.58 bits per heavy atom. The third-order valence-electron chi connectivity index (χ3n) is 4.46. The van der Waals surface area contributed by atoms with Crippen molar-refractivity contribution in [3.05, 3.63) is 40.1 Å². The number of allylic oxidation sites excluding steroid dienone is 1. The molecule has 1 saturated carbocycles. The average molecular weight is 411 g/mol. The molecular weight excluding hydrogens is 387 g/mol. The third kappa shape index (κ3) is 5.93. The Balaban J connectivity index is 1.50. The lowest BCUT2D eigenvalue weighted by molar-refractivity contribution is 0.412. The summed E-state index contributed by atoms with van der Waals surface area (Å²) in [4.78, 5) is 8.82. The van der Waals surface area contributed by atoms with E-state index < -0.39 is 0 Å². The van der Waals surface area contributed by atoms with Gasteiger partial charge < -0.3 is 10.6 Å². The van der Waals surface area contributed by atoms with Crippen LogP contribution in [0.3, 0.4) is 0 Å². The Hall–Kier alpha value is -1.17. The molecule has 0 amide bonds. The number of rotatable bonds is 4. The van der Waals surface area contributed by atoms with Gasteiger partial charge in [0, 0.05) is 23.0 Å². The number of nitrogens with zero attached hydrogens (tertiary/aromatic N) is 2. The van der Waals surface area contributed by atoms with E-state index in [4.69, 9.17) is 23.2 Å². The van der Waals surface area contributed by atoms with Gasteiger partial charge >= 0.3 is 0 Å². The summed E-state index contributed by atoms with van der Waals surface area (Å²) in [5, 5.41) is 9.50. The summed E-state index contributed by atoms with van der Waals surface area (Å²) in [6.45, 7) is 2.07. The van der Waals surface area contributed by atoms with Crippen molar-refractivity contribution < 1.29 is 0 Å². The molecule has 1 fully saturated rings. The topological polar surface area (TPSA) is 48.8 Å². The second-order valence-corrected chi connectivity index (χ2v) is 8.48. The first kappa shape index (κ1) is 19.6. The summed E-state index contributed by atoms with van der Waals surface area (Å²) in [5.74, 6) is 0. The molecular formula is C19H24Cl2N4S. The van der Waals surface area contributed by atoms with Crippen LogP contribution in [-0.4, -0.2) is 16.4 Å². The SMILES string of the molecule is C/C(=C\N=C1N=C(Nc2ccc(Cl)cc2Cl)S1)NC1CCCCCCC1. The largest absolute Gasteiger partial charge is 0.385 e. The van der Waals surface area contributed by atoms with Crippen LogP contribution in [0.2, 0.25) is 10.0 Å². The number of halogens is 2. The molecule has 0 saturated heterocycles. The zero-order valence-electron chi connectivity index (χ0n) is 14.9. The van der Waals surface area contributed by atoms with E-state index in [1.807, 2.05) is 12.3 Å². The molecule has 4 nitrogen and oxygen atoms in total. The summed E-state index contributed by atoms with van der Waals surface area (Å²) < 4.78 is 0. The second-order valence-electron chi connectivity index (χ2n) is 6.68. The van der Waals surface area contributed by atoms with Gasteiger partial charge in [-0.15, -0.1) is 0 Å². The van der Waals surface area contributed by atoms with Crippen molar-refractivity contribution in [2.24, 2.45) is 9.98 Å². The third-order valence-corrected chi connectivity index (χ3v) is 5.78. The molecule has 1 heterocycles. The van der Waals surface area contributed by atoms with Crippen LogP contribution in [0.25, 0.3) is 0 Å². The Kier molecular flexibility index (Phi) is 7.29. The molecule has 0 aromatic heterocycles. The fourth-order valence-electron chi connectivity index (χ4n) is 3.11. The number of anilines is 1. The molecule has 0 atom stereocenters. The fourth-order valence-corrected chi connectivity index (χ4v) is 4.14. The van der Waals surface area contributed by atoms with Crippen LogP contribution in [0, 0.1) is 0 Å². The minimum atomic E-state index is 0.574. The Morgan fingerprint density at radius 1 is 1.19 bits per heavy atom. The predicted octanol–water partition coefficient (Wildman–Crippen LogP) is 6.43. The lowest BCUT2D eigenvalue weighted by Crippen LogP contribution is -2.28. The maximum absolute atomic E-state index is 6.15. The lowest BCUT2D eigenvalue weighted by atomic mass is 9.96. The number of hydrogen-bond acceptors (Lipinski definition) is 4. The number of thioether (sulfide) groups is 1. The minimum Gasteiger partial charge on any atom is -0.385 e. The highest BCUT2D eigenvalue weighted by atomic mass is 35.5. The van der Waals surface area contributed by atoms with Crippen molar-refractivity contribution in [2.75, 3.05) is 5.32 Å². The highest BCUT2D eigenvalue weighted by molar-refractivity contribution is 8.29. The van der Waals surface area contributed by atoms with Crippen molar-refractivity contribution in [1.29, 1.82) is 0 Å². The number of amidine groups is 2. The van der Waals surface area contributed by atoms with Crippen LogP contribution >= 0.6 is 35.0 Å². The normalized spacial score (nSPS) is 20.8. The summed E-state index contributed by atoms with van der Waals surface area (Å²) in [5.41, 5.74) is 1.89. The second kappa shape index (κ2) is 9.67. The number of aliphatic imine (C=N–C) groups is 2. The molecule has 1 aliphatic heterocycles.